The Bertz CT molecular complexity index is 1140. The molecule has 0 saturated heterocycles. The fourth-order valence-corrected chi connectivity index (χ4v) is 3.97. The minimum atomic E-state index is -4.65. The van der Waals surface area contributed by atoms with Crippen LogP contribution in [-0.4, -0.2) is 40.3 Å². The van der Waals surface area contributed by atoms with Crippen molar-refractivity contribution in [1.29, 1.82) is 0 Å². The largest absolute Gasteiger partial charge is 0.451 e. The van der Waals surface area contributed by atoms with Crippen molar-refractivity contribution in [2.24, 2.45) is 0 Å². The van der Waals surface area contributed by atoms with Crippen molar-refractivity contribution in [3.63, 3.8) is 0 Å². The van der Waals surface area contributed by atoms with E-state index in [1.165, 1.54) is 0 Å². The first-order valence-electron chi connectivity index (χ1n) is 8.59. The highest BCUT2D eigenvalue weighted by Gasteiger charge is 2.36. The summed E-state index contributed by atoms with van der Waals surface area (Å²) in [6.07, 6.45) is -9.30. The molecule has 2 N–H and O–H groups in total. The molecule has 0 aliphatic rings. The van der Waals surface area contributed by atoms with E-state index in [0.29, 0.717) is 22.4 Å². The Labute approximate surface area is 183 Å². The van der Waals surface area contributed by atoms with Crippen molar-refractivity contribution in [2.75, 3.05) is 0 Å². The number of H-pyrrole nitrogens is 2. The van der Waals surface area contributed by atoms with Crippen LogP contribution in [0.5, 0.6) is 0 Å². The van der Waals surface area contributed by atoms with Gasteiger partial charge in [0.15, 0.2) is 0 Å². The van der Waals surface area contributed by atoms with Crippen LogP contribution in [0, 0.1) is 0 Å². The number of hydrogen-bond donors (Lipinski definition) is 2. The summed E-state index contributed by atoms with van der Waals surface area (Å²) in [7, 11) is 0. The van der Waals surface area contributed by atoms with Gasteiger partial charge in [0.2, 0.25) is 22.0 Å². The van der Waals surface area contributed by atoms with Gasteiger partial charge in [-0.3, -0.25) is 10.2 Å². The first-order chi connectivity index (χ1) is 15.1. The monoisotopic (exact) mass is 492 g/mol. The Kier molecular flexibility index (Phi) is 5.98. The molecular formula is C16H10F6N8S2. The first kappa shape index (κ1) is 22.3. The van der Waals surface area contributed by atoms with Crippen LogP contribution < -0.4 is 0 Å². The smallest absolute Gasteiger partial charge is 0.254 e. The zero-order chi connectivity index (χ0) is 22.9. The van der Waals surface area contributed by atoms with Gasteiger partial charge in [-0.25, -0.2) is 9.97 Å². The van der Waals surface area contributed by atoms with Crippen molar-refractivity contribution >= 4 is 34.6 Å². The Morgan fingerprint density at radius 2 is 1.06 bits per heavy atom. The van der Waals surface area contributed by atoms with Gasteiger partial charge in [0.1, 0.15) is 0 Å². The molecule has 3 aromatic heterocycles. The number of benzene rings is 1. The Balaban J connectivity index is 1.55. The van der Waals surface area contributed by atoms with Crippen molar-refractivity contribution < 1.29 is 26.3 Å². The van der Waals surface area contributed by atoms with E-state index in [1.807, 2.05) is 10.2 Å². The van der Waals surface area contributed by atoms with Gasteiger partial charge in [-0.05, 0) is 12.1 Å². The number of rotatable bonds is 6. The summed E-state index contributed by atoms with van der Waals surface area (Å²) in [5.41, 5.74) is 1.96. The second kappa shape index (κ2) is 8.57. The molecule has 0 bridgehead atoms. The van der Waals surface area contributed by atoms with Gasteiger partial charge in [0, 0.05) is 11.5 Å². The zero-order valence-corrected chi connectivity index (χ0v) is 17.1. The number of aromatic amines is 2. The number of fused-ring (bicyclic) bond motifs is 1. The van der Waals surface area contributed by atoms with E-state index in [4.69, 9.17) is 0 Å². The predicted octanol–water partition coefficient (Wildman–Crippen LogP) is 4.49. The first-order valence-corrected chi connectivity index (χ1v) is 10.6. The molecule has 0 fully saturated rings. The van der Waals surface area contributed by atoms with Crippen molar-refractivity contribution in [1.82, 2.24) is 40.3 Å². The minimum Gasteiger partial charge on any atom is -0.254 e. The Hall–Kier alpha value is -2.88. The lowest BCUT2D eigenvalue weighted by molar-refractivity contribution is -0.145. The fourth-order valence-electron chi connectivity index (χ4n) is 2.45. The van der Waals surface area contributed by atoms with Crippen molar-refractivity contribution in [3.8, 4) is 0 Å². The third-order valence-corrected chi connectivity index (χ3v) is 5.59. The average molecular weight is 492 g/mol. The van der Waals surface area contributed by atoms with Crippen LogP contribution in [0.2, 0.25) is 0 Å². The normalized spacial score (nSPS) is 12.6. The van der Waals surface area contributed by atoms with E-state index in [0.717, 1.165) is 23.5 Å². The van der Waals surface area contributed by atoms with Gasteiger partial charge in [0.25, 0.3) is 0 Å². The summed E-state index contributed by atoms with van der Waals surface area (Å²) in [4.78, 5) is 15.8. The van der Waals surface area contributed by atoms with Gasteiger partial charge in [-0.15, -0.1) is 10.2 Å². The third kappa shape index (κ3) is 5.12. The van der Waals surface area contributed by atoms with E-state index < -0.39 is 24.0 Å². The summed E-state index contributed by atoms with van der Waals surface area (Å²) >= 11 is 1.82. The van der Waals surface area contributed by atoms with E-state index in [2.05, 4.69) is 30.1 Å². The van der Waals surface area contributed by atoms with E-state index in [1.54, 1.807) is 24.3 Å². The number of nitrogens with one attached hydrogen (secondary N) is 2. The second-order valence-electron chi connectivity index (χ2n) is 6.11. The highest BCUT2D eigenvalue weighted by molar-refractivity contribution is 7.98. The molecule has 3 heterocycles. The van der Waals surface area contributed by atoms with Crippen LogP contribution >= 0.6 is 23.5 Å². The maximum Gasteiger partial charge on any atom is 0.451 e. The molecule has 1 aromatic carbocycles. The van der Waals surface area contributed by atoms with Crippen LogP contribution in [0.3, 0.4) is 0 Å². The number of halogens is 6. The molecule has 0 amide bonds. The SMILES string of the molecule is FC(F)(F)c1nc(SCc2nc3ccccc3nc2CSc2n[nH]c(C(F)(F)F)n2)n[nH]1. The highest BCUT2D eigenvalue weighted by Crippen LogP contribution is 2.31. The second-order valence-corrected chi connectivity index (χ2v) is 8.00. The predicted molar refractivity (Wildman–Crippen MR) is 101 cm³/mol. The van der Waals surface area contributed by atoms with Crippen LogP contribution in [0.4, 0.5) is 26.3 Å². The number of alkyl halides is 6. The average Bonchev–Trinajstić information content (AvgIpc) is 3.39. The Morgan fingerprint density at radius 1 is 0.656 bits per heavy atom. The van der Waals surface area contributed by atoms with E-state index in [9.17, 15) is 26.3 Å². The van der Waals surface area contributed by atoms with Gasteiger partial charge >= 0.3 is 12.4 Å². The lowest BCUT2D eigenvalue weighted by Crippen LogP contribution is -2.07. The van der Waals surface area contributed by atoms with E-state index in [-0.39, 0.29) is 21.8 Å². The fraction of sp³-hybridized carbons (Fsp3) is 0.250. The van der Waals surface area contributed by atoms with Crippen LogP contribution in [0.1, 0.15) is 23.0 Å². The summed E-state index contributed by atoms with van der Waals surface area (Å²) < 4.78 is 76.1. The summed E-state index contributed by atoms with van der Waals surface area (Å²) in [5, 5.41) is 10.5. The summed E-state index contributed by atoms with van der Waals surface area (Å²) in [5.74, 6) is -2.26. The molecule has 16 heteroatoms. The molecule has 0 atom stereocenters. The number of hydrogen-bond acceptors (Lipinski definition) is 8. The molecule has 4 rings (SSSR count). The van der Waals surface area contributed by atoms with Crippen LogP contribution in [0.15, 0.2) is 34.6 Å². The van der Waals surface area contributed by atoms with Gasteiger partial charge in [-0.1, -0.05) is 35.7 Å². The molecule has 0 aliphatic carbocycles. The Morgan fingerprint density at radius 3 is 1.41 bits per heavy atom. The molecule has 0 aliphatic heterocycles. The number of aromatic nitrogens is 8. The van der Waals surface area contributed by atoms with E-state index >= 15 is 0 Å². The summed E-state index contributed by atoms with van der Waals surface area (Å²) in [6, 6.07) is 6.93. The van der Waals surface area contributed by atoms with Crippen LogP contribution in [0.25, 0.3) is 11.0 Å². The maximum atomic E-state index is 12.7. The number of nitrogens with zero attached hydrogens (tertiary/aromatic N) is 6. The lowest BCUT2D eigenvalue weighted by atomic mass is 10.2. The molecule has 8 nitrogen and oxygen atoms in total. The standard InChI is InChI=1S/C16H10F6N8S2/c17-15(18,19)11-25-13(29-27-11)31-5-9-10(24-8-4-2-1-3-7(8)23-9)6-32-14-26-12(28-30-14)16(20,21)22/h1-4H,5-6H2,(H,25,27,29)(H,26,28,30). The molecule has 4 aromatic rings. The molecule has 0 radical (unpaired) electrons. The molecule has 32 heavy (non-hydrogen) atoms. The molecule has 0 spiro atoms. The van der Waals surface area contributed by atoms with Gasteiger partial charge in [0.05, 0.1) is 22.4 Å². The van der Waals surface area contributed by atoms with Gasteiger partial charge in [-0.2, -0.15) is 36.3 Å². The zero-order valence-electron chi connectivity index (χ0n) is 15.5. The lowest BCUT2D eigenvalue weighted by Gasteiger charge is -2.08. The van der Waals surface area contributed by atoms with Crippen molar-refractivity contribution in [2.45, 2.75) is 34.2 Å². The molecule has 0 saturated carbocycles. The number of thioether (sulfide) groups is 2. The van der Waals surface area contributed by atoms with Crippen molar-refractivity contribution in [3.05, 3.63) is 47.3 Å². The maximum absolute atomic E-state index is 12.7. The van der Waals surface area contributed by atoms with Crippen LogP contribution in [-0.2, 0) is 23.9 Å². The molecule has 0 unspecified atom stereocenters. The summed E-state index contributed by atoms with van der Waals surface area (Å²) in [6.45, 7) is 0. The third-order valence-electron chi connectivity index (χ3n) is 3.87. The topological polar surface area (TPSA) is 109 Å². The highest BCUT2D eigenvalue weighted by atomic mass is 32.2. The molecular weight excluding hydrogens is 482 g/mol. The quantitative estimate of drug-likeness (QED) is 0.299. The minimum absolute atomic E-state index is 0.0880. The number of para-hydroxylation sites is 2. The van der Waals surface area contributed by atoms with Gasteiger partial charge < -0.3 is 0 Å². The molecule has 168 valence electrons.